The van der Waals surface area contributed by atoms with Gasteiger partial charge in [-0.3, -0.25) is 9.59 Å². The maximum atomic E-state index is 12.0. The Bertz CT molecular complexity index is 297. The van der Waals surface area contributed by atoms with Gasteiger partial charge in [0.2, 0.25) is 11.8 Å². The molecule has 1 aliphatic rings. The van der Waals surface area contributed by atoms with Crippen molar-refractivity contribution >= 4 is 11.8 Å². The predicted molar refractivity (Wildman–Crippen MR) is 70.8 cm³/mol. The Balaban J connectivity index is 2.39. The van der Waals surface area contributed by atoms with Gasteiger partial charge in [-0.1, -0.05) is 6.92 Å². The first-order valence-corrected chi connectivity index (χ1v) is 6.64. The third-order valence-electron chi connectivity index (χ3n) is 3.56. The molecule has 1 atom stereocenters. The second-order valence-corrected chi connectivity index (χ2v) is 5.43. The van der Waals surface area contributed by atoms with E-state index in [9.17, 15) is 9.59 Å². The molecule has 2 N–H and O–H groups in total. The molecule has 1 aliphatic heterocycles. The Morgan fingerprint density at radius 3 is 2.33 bits per heavy atom. The van der Waals surface area contributed by atoms with Crippen LogP contribution in [0.5, 0.6) is 0 Å². The molecule has 2 amide bonds. The van der Waals surface area contributed by atoms with Crippen LogP contribution >= 0.6 is 0 Å². The summed E-state index contributed by atoms with van der Waals surface area (Å²) in [6.07, 6.45) is 2.07. The third kappa shape index (κ3) is 3.98. The fraction of sp³-hybridized carbons (Fsp3) is 0.846. The molecule has 0 aromatic carbocycles. The number of nitrogens with two attached hydrogens (primary N) is 1. The molecule has 0 saturated carbocycles. The van der Waals surface area contributed by atoms with E-state index in [4.69, 9.17) is 5.73 Å². The average Bonchev–Trinajstić information content (AvgIpc) is 2.37. The Morgan fingerprint density at radius 1 is 1.33 bits per heavy atom. The third-order valence-corrected chi connectivity index (χ3v) is 3.56. The van der Waals surface area contributed by atoms with Gasteiger partial charge in [0, 0.05) is 39.5 Å². The van der Waals surface area contributed by atoms with Crippen LogP contribution in [-0.4, -0.2) is 55.3 Å². The van der Waals surface area contributed by atoms with E-state index >= 15 is 0 Å². The number of carbonyl (C=O) groups is 2. The molecule has 0 radical (unpaired) electrons. The molecule has 0 aromatic rings. The molecule has 1 fully saturated rings. The van der Waals surface area contributed by atoms with Crippen LogP contribution in [0.25, 0.3) is 0 Å². The summed E-state index contributed by atoms with van der Waals surface area (Å²) in [7, 11) is 3.56. The van der Waals surface area contributed by atoms with Gasteiger partial charge in [0.1, 0.15) is 0 Å². The van der Waals surface area contributed by atoms with Crippen molar-refractivity contribution in [3.05, 3.63) is 0 Å². The molecule has 5 nitrogen and oxygen atoms in total. The van der Waals surface area contributed by atoms with Crippen molar-refractivity contribution in [1.29, 1.82) is 0 Å². The van der Waals surface area contributed by atoms with Crippen molar-refractivity contribution in [3.63, 3.8) is 0 Å². The molecule has 18 heavy (non-hydrogen) atoms. The Kier molecular flexibility index (Phi) is 5.59. The van der Waals surface area contributed by atoms with Crippen LogP contribution in [0.15, 0.2) is 0 Å². The molecule has 104 valence electrons. The molecular formula is C13H25N3O2. The fourth-order valence-electron chi connectivity index (χ4n) is 2.25. The molecule has 0 aliphatic carbocycles. The smallest absolute Gasteiger partial charge is 0.225 e. The van der Waals surface area contributed by atoms with Crippen molar-refractivity contribution in [1.82, 2.24) is 9.80 Å². The fourth-order valence-corrected chi connectivity index (χ4v) is 2.25. The summed E-state index contributed by atoms with van der Waals surface area (Å²) >= 11 is 0. The lowest BCUT2D eigenvalue weighted by atomic mass is 9.95. The van der Waals surface area contributed by atoms with Crippen molar-refractivity contribution in [2.45, 2.75) is 26.2 Å². The van der Waals surface area contributed by atoms with Gasteiger partial charge in [0.25, 0.3) is 0 Å². The zero-order chi connectivity index (χ0) is 13.7. The standard InChI is InChI=1S/C13H25N3O2/c1-10(9-14)8-12(17)16-6-4-11(5-7-16)13(18)15(2)3/h10-11H,4-9,14H2,1-3H3. The van der Waals surface area contributed by atoms with E-state index in [1.165, 1.54) is 0 Å². The minimum atomic E-state index is 0.0796. The summed E-state index contributed by atoms with van der Waals surface area (Å²) in [6.45, 7) is 3.92. The second kappa shape index (κ2) is 6.73. The van der Waals surface area contributed by atoms with Gasteiger partial charge in [-0.25, -0.2) is 0 Å². The summed E-state index contributed by atoms with van der Waals surface area (Å²) in [5.41, 5.74) is 5.52. The van der Waals surface area contributed by atoms with Crippen LogP contribution in [0.4, 0.5) is 0 Å². The summed E-state index contributed by atoms with van der Waals surface area (Å²) in [5.74, 6) is 0.663. The quantitative estimate of drug-likeness (QED) is 0.785. The Morgan fingerprint density at radius 2 is 1.89 bits per heavy atom. The molecule has 0 spiro atoms. The van der Waals surface area contributed by atoms with Crippen molar-refractivity contribution < 1.29 is 9.59 Å². The predicted octanol–water partition coefficient (Wildman–Crippen LogP) is 0.298. The van der Waals surface area contributed by atoms with E-state index in [0.717, 1.165) is 12.8 Å². The lowest BCUT2D eigenvalue weighted by molar-refractivity contribution is -0.139. The first-order chi connectivity index (χ1) is 8.45. The highest BCUT2D eigenvalue weighted by Gasteiger charge is 2.28. The van der Waals surface area contributed by atoms with Gasteiger partial charge in [0.05, 0.1) is 0 Å². The van der Waals surface area contributed by atoms with Crippen LogP contribution in [-0.2, 0) is 9.59 Å². The van der Waals surface area contributed by atoms with Crippen molar-refractivity contribution in [2.75, 3.05) is 33.7 Å². The van der Waals surface area contributed by atoms with E-state index in [-0.39, 0.29) is 23.7 Å². The van der Waals surface area contributed by atoms with Crippen LogP contribution in [0.1, 0.15) is 26.2 Å². The lowest BCUT2D eigenvalue weighted by Crippen LogP contribution is -2.43. The first-order valence-electron chi connectivity index (χ1n) is 6.64. The van der Waals surface area contributed by atoms with Gasteiger partial charge in [0.15, 0.2) is 0 Å². The number of carbonyl (C=O) groups excluding carboxylic acids is 2. The number of amides is 2. The normalized spacial score (nSPS) is 18.6. The molecule has 1 saturated heterocycles. The Hall–Kier alpha value is -1.10. The highest BCUT2D eigenvalue weighted by molar-refractivity contribution is 5.79. The van der Waals surface area contributed by atoms with Crippen LogP contribution < -0.4 is 5.73 Å². The summed E-state index contributed by atoms with van der Waals surface area (Å²) in [4.78, 5) is 27.3. The minimum Gasteiger partial charge on any atom is -0.349 e. The molecule has 1 rings (SSSR count). The molecule has 5 heteroatoms. The minimum absolute atomic E-state index is 0.0796. The zero-order valence-electron chi connectivity index (χ0n) is 11.7. The maximum Gasteiger partial charge on any atom is 0.225 e. The van der Waals surface area contributed by atoms with Crippen LogP contribution in [0.2, 0.25) is 0 Å². The number of hydrogen-bond acceptors (Lipinski definition) is 3. The average molecular weight is 255 g/mol. The van der Waals surface area contributed by atoms with Gasteiger partial charge in [-0.2, -0.15) is 0 Å². The SMILES string of the molecule is CC(CN)CC(=O)N1CCC(C(=O)N(C)C)CC1. The topological polar surface area (TPSA) is 66.6 Å². The van der Waals surface area contributed by atoms with E-state index in [0.29, 0.717) is 26.1 Å². The highest BCUT2D eigenvalue weighted by Crippen LogP contribution is 2.20. The van der Waals surface area contributed by atoms with Crippen LogP contribution in [0.3, 0.4) is 0 Å². The van der Waals surface area contributed by atoms with Gasteiger partial charge in [-0.15, -0.1) is 0 Å². The van der Waals surface area contributed by atoms with Crippen LogP contribution in [0, 0.1) is 11.8 Å². The van der Waals surface area contributed by atoms with Gasteiger partial charge >= 0.3 is 0 Å². The molecular weight excluding hydrogens is 230 g/mol. The van der Waals surface area contributed by atoms with E-state index in [2.05, 4.69) is 0 Å². The molecule has 0 bridgehead atoms. The number of hydrogen-bond donors (Lipinski definition) is 1. The maximum absolute atomic E-state index is 12.0. The number of likely N-dealkylation sites (tertiary alicyclic amines) is 1. The number of piperidine rings is 1. The first kappa shape index (κ1) is 15.0. The summed E-state index contributed by atoms with van der Waals surface area (Å²) in [5, 5.41) is 0. The van der Waals surface area contributed by atoms with Crippen molar-refractivity contribution in [2.24, 2.45) is 17.6 Å². The molecule has 1 unspecified atom stereocenters. The van der Waals surface area contributed by atoms with Gasteiger partial charge in [-0.05, 0) is 25.3 Å². The molecule has 1 heterocycles. The largest absolute Gasteiger partial charge is 0.349 e. The zero-order valence-corrected chi connectivity index (χ0v) is 11.7. The van der Waals surface area contributed by atoms with E-state index in [1.54, 1.807) is 19.0 Å². The second-order valence-electron chi connectivity index (χ2n) is 5.43. The molecule has 0 aromatic heterocycles. The monoisotopic (exact) mass is 255 g/mol. The Labute approximate surface area is 109 Å². The lowest BCUT2D eigenvalue weighted by Gasteiger charge is -2.33. The summed E-state index contributed by atoms with van der Waals surface area (Å²) in [6, 6.07) is 0. The van der Waals surface area contributed by atoms with E-state index in [1.807, 2.05) is 11.8 Å². The van der Waals surface area contributed by atoms with Crippen molar-refractivity contribution in [3.8, 4) is 0 Å². The van der Waals surface area contributed by atoms with E-state index < -0.39 is 0 Å². The number of rotatable bonds is 4. The number of nitrogens with zero attached hydrogens (tertiary/aromatic N) is 2. The summed E-state index contributed by atoms with van der Waals surface area (Å²) < 4.78 is 0. The highest BCUT2D eigenvalue weighted by atomic mass is 16.2. The van der Waals surface area contributed by atoms with Gasteiger partial charge < -0.3 is 15.5 Å².